The lowest BCUT2D eigenvalue weighted by Crippen LogP contribution is -2.23. The summed E-state index contributed by atoms with van der Waals surface area (Å²) in [4.78, 5) is 35.4. The summed E-state index contributed by atoms with van der Waals surface area (Å²) in [5.41, 5.74) is 1.72. The average molecular weight is 476 g/mol. The Kier molecular flexibility index (Phi) is 10.7. The minimum Gasteiger partial charge on any atom is -0.491 e. The van der Waals surface area contributed by atoms with Gasteiger partial charge in [-0.05, 0) is 55.3 Å². The Morgan fingerprint density at radius 3 is 2.45 bits per heavy atom. The van der Waals surface area contributed by atoms with Gasteiger partial charge in [0, 0.05) is 17.2 Å². The maximum Gasteiger partial charge on any atom is 0.412 e. The van der Waals surface area contributed by atoms with Gasteiger partial charge in [-0.2, -0.15) is 12.6 Å². The van der Waals surface area contributed by atoms with Crippen LogP contribution in [0.1, 0.15) is 42.3 Å². The van der Waals surface area contributed by atoms with Gasteiger partial charge in [0.15, 0.2) is 5.78 Å². The van der Waals surface area contributed by atoms with Gasteiger partial charge >= 0.3 is 12.1 Å². The summed E-state index contributed by atoms with van der Waals surface area (Å²) < 4.78 is 16.3. The molecule has 0 spiro atoms. The van der Waals surface area contributed by atoms with Crippen molar-refractivity contribution in [3.8, 4) is 5.75 Å². The number of anilines is 1. The second kappa shape index (κ2) is 13.5. The first-order valence-electron chi connectivity index (χ1n) is 10.5. The van der Waals surface area contributed by atoms with E-state index in [2.05, 4.69) is 17.9 Å². The fraction of sp³-hybridized carbons (Fsp3) is 0.375. The molecule has 0 aliphatic carbocycles. The van der Waals surface area contributed by atoms with E-state index in [1.165, 1.54) is 6.92 Å². The molecule has 9 heteroatoms. The van der Waals surface area contributed by atoms with Crippen LogP contribution in [0.5, 0.6) is 5.75 Å². The van der Waals surface area contributed by atoms with E-state index in [0.29, 0.717) is 29.0 Å². The molecule has 33 heavy (non-hydrogen) atoms. The number of aliphatic hydroxyl groups is 1. The Balaban J connectivity index is 2.14. The average Bonchev–Trinajstić information content (AvgIpc) is 2.81. The first-order valence-corrected chi connectivity index (χ1v) is 11.2. The van der Waals surface area contributed by atoms with Crippen molar-refractivity contribution in [3.63, 3.8) is 0 Å². The van der Waals surface area contributed by atoms with Crippen LogP contribution in [-0.4, -0.2) is 48.5 Å². The summed E-state index contributed by atoms with van der Waals surface area (Å²) in [6, 6.07) is 13.5. The lowest BCUT2D eigenvalue weighted by Gasteiger charge is -2.25. The zero-order valence-corrected chi connectivity index (χ0v) is 19.5. The highest BCUT2D eigenvalue weighted by Crippen LogP contribution is 2.31. The zero-order valence-electron chi connectivity index (χ0n) is 18.7. The minimum atomic E-state index is -0.670. The number of nitrogens with one attached hydrogen (secondary N) is 1. The van der Waals surface area contributed by atoms with Crippen LogP contribution in [0.15, 0.2) is 48.5 Å². The molecule has 8 nitrogen and oxygen atoms in total. The number of amides is 1. The number of rotatable bonds is 12. The van der Waals surface area contributed by atoms with Crippen molar-refractivity contribution < 1.29 is 33.7 Å². The molecule has 2 N–H and O–H groups in total. The zero-order chi connectivity index (χ0) is 24.2. The monoisotopic (exact) mass is 475 g/mol. The lowest BCUT2D eigenvalue weighted by atomic mass is 9.94. The Morgan fingerprint density at radius 1 is 1.09 bits per heavy atom. The van der Waals surface area contributed by atoms with E-state index >= 15 is 0 Å². The van der Waals surface area contributed by atoms with Gasteiger partial charge in [0.25, 0.3) is 0 Å². The maximum atomic E-state index is 12.6. The van der Waals surface area contributed by atoms with Crippen LogP contribution in [-0.2, 0) is 14.3 Å². The molecule has 2 aromatic carbocycles. The SMILES string of the molecule is CC(=O)c1ccc(NC(=O)O[C@H](c2cccc(OCCO)c2)[C@H](C)CCOC(=O)CS)cc1. The molecule has 0 aliphatic heterocycles. The quantitative estimate of drug-likeness (QED) is 0.241. The first-order chi connectivity index (χ1) is 15.8. The van der Waals surface area contributed by atoms with Crippen molar-refractivity contribution in [2.45, 2.75) is 26.4 Å². The van der Waals surface area contributed by atoms with E-state index in [-0.39, 0.29) is 37.3 Å². The number of carbonyl (C=O) groups excluding carboxylic acids is 3. The lowest BCUT2D eigenvalue weighted by molar-refractivity contribution is -0.141. The number of thiol groups is 1. The van der Waals surface area contributed by atoms with Crippen LogP contribution in [0.4, 0.5) is 10.5 Å². The summed E-state index contributed by atoms with van der Waals surface area (Å²) in [5.74, 6) is -0.168. The van der Waals surface area contributed by atoms with Gasteiger partial charge in [0.05, 0.1) is 19.0 Å². The van der Waals surface area contributed by atoms with Crippen molar-refractivity contribution in [1.82, 2.24) is 0 Å². The number of esters is 1. The highest BCUT2D eigenvalue weighted by atomic mass is 32.1. The van der Waals surface area contributed by atoms with Gasteiger partial charge in [-0.15, -0.1) is 0 Å². The van der Waals surface area contributed by atoms with E-state index in [4.69, 9.17) is 19.3 Å². The summed E-state index contributed by atoms with van der Waals surface area (Å²) >= 11 is 3.88. The van der Waals surface area contributed by atoms with Gasteiger partial charge < -0.3 is 19.3 Å². The first kappa shape index (κ1) is 26.2. The predicted octanol–water partition coefficient (Wildman–Crippen LogP) is 4.05. The fourth-order valence-electron chi connectivity index (χ4n) is 3.06. The van der Waals surface area contributed by atoms with E-state index in [9.17, 15) is 14.4 Å². The van der Waals surface area contributed by atoms with Crippen LogP contribution < -0.4 is 10.1 Å². The summed E-state index contributed by atoms with van der Waals surface area (Å²) in [7, 11) is 0. The molecule has 0 saturated carbocycles. The third kappa shape index (κ3) is 8.78. The molecule has 0 heterocycles. The van der Waals surface area contributed by atoms with Crippen molar-refractivity contribution in [2.75, 3.05) is 30.9 Å². The van der Waals surface area contributed by atoms with Crippen LogP contribution in [0.3, 0.4) is 0 Å². The maximum absolute atomic E-state index is 12.6. The van der Waals surface area contributed by atoms with Gasteiger partial charge in [0.2, 0.25) is 0 Å². The number of carbonyl (C=O) groups is 3. The molecule has 0 saturated heterocycles. The number of hydrogen-bond donors (Lipinski definition) is 3. The van der Waals surface area contributed by atoms with Crippen molar-refractivity contribution in [1.29, 1.82) is 0 Å². The molecule has 2 atom stereocenters. The second-order valence-corrected chi connectivity index (χ2v) is 7.69. The van der Waals surface area contributed by atoms with Crippen molar-refractivity contribution in [2.24, 2.45) is 5.92 Å². The number of ether oxygens (including phenoxy) is 3. The molecule has 0 bridgehead atoms. The molecule has 0 fully saturated rings. The number of benzene rings is 2. The number of hydrogen-bond acceptors (Lipinski definition) is 8. The fourth-order valence-corrected chi connectivity index (χ4v) is 3.16. The smallest absolute Gasteiger partial charge is 0.412 e. The topological polar surface area (TPSA) is 111 Å². The molecule has 0 radical (unpaired) electrons. The van der Waals surface area contributed by atoms with Gasteiger partial charge in [-0.3, -0.25) is 14.9 Å². The molecule has 0 aromatic heterocycles. The third-order valence-corrected chi connectivity index (χ3v) is 5.06. The second-order valence-electron chi connectivity index (χ2n) is 7.37. The van der Waals surface area contributed by atoms with Gasteiger partial charge in [0.1, 0.15) is 18.5 Å². The van der Waals surface area contributed by atoms with Crippen LogP contribution in [0.25, 0.3) is 0 Å². The van der Waals surface area contributed by atoms with Crippen LogP contribution in [0, 0.1) is 5.92 Å². The van der Waals surface area contributed by atoms with Crippen LogP contribution in [0.2, 0.25) is 0 Å². The molecule has 0 unspecified atom stereocenters. The van der Waals surface area contributed by atoms with Crippen molar-refractivity contribution in [3.05, 3.63) is 59.7 Å². The van der Waals surface area contributed by atoms with Gasteiger partial charge in [-0.25, -0.2) is 4.79 Å². The highest BCUT2D eigenvalue weighted by Gasteiger charge is 2.25. The Morgan fingerprint density at radius 2 is 1.82 bits per heavy atom. The summed E-state index contributed by atoms with van der Waals surface area (Å²) in [6.45, 7) is 3.53. The largest absolute Gasteiger partial charge is 0.491 e. The molecule has 1 amide bonds. The van der Waals surface area contributed by atoms with E-state index in [0.717, 1.165) is 0 Å². The molecule has 0 aliphatic rings. The predicted molar refractivity (Wildman–Crippen MR) is 127 cm³/mol. The van der Waals surface area contributed by atoms with E-state index in [1.807, 2.05) is 13.0 Å². The minimum absolute atomic E-state index is 0.0105. The Bertz CT molecular complexity index is 933. The number of ketones is 1. The van der Waals surface area contributed by atoms with Crippen molar-refractivity contribution >= 4 is 36.2 Å². The highest BCUT2D eigenvalue weighted by molar-refractivity contribution is 7.81. The normalized spacial score (nSPS) is 12.4. The summed E-state index contributed by atoms with van der Waals surface area (Å²) in [6.07, 6.45) is -0.878. The molecular weight excluding hydrogens is 446 g/mol. The standard InChI is InChI=1S/C24H29NO7S/c1-16(10-12-31-22(28)15-33)23(19-4-3-5-21(14-19)30-13-11-26)32-24(29)25-20-8-6-18(7-9-20)17(2)27/h3-9,14,16,23,26,33H,10-13,15H2,1-2H3,(H,25,29)/t16-,23+/m1/s1. The molecular formula is C24H29NO7S. The third-order valence-electron chi connectivity index (χ3n) is 4.80. The molecule has 178 valence electrons. The van der Waals surface area contributed by atoms with E-state index in [1.54, 1.807) is 42.5 Å². The Labute approximate surface area is 198 Å². The number of aliphatic hydroxyl groups excluding tert-OH is 1. The number of Topliss-reactive ketones (excluding diaryl/α,β-unsaturated/α-hetero) is 1. The molecule has 2 aromatic rings. The summed E-state index contributed by atoms with van der Waals surface area (Å²) in [5, 5.41) is 11.7. The Hall–Kier alpha value is -3.04. The van der Waals surface area contributed by atoms with Crippen LogP contribution >= 0.6 is 12.6 Å². The van der Waals surface area contributed by atoms with E-state index < -0.39 is 18.2 Å². The van der Waals surface area contributed by atoms with Gasteiger partial charge in [-0.1, -0.05) is 19.1 Å². The molecule has 2 rings (SSSR count).